The highest BCUT2D eigenvalue weighted by Crippen LogP contribution is 2.26. The first kappa shape index (κ1) is 14.0. The van der Waals surface area contributed by atoms with Gasteiger partial charge in [-0.05, 0) is 36.8 Å². The molecular formula is C18H14N2O2S. The maximum absolute atomic E-state index is 12.3. The lowest BCUT2D eigenvalue weighted by Crippen LogP contribution is -2.12. The number of nitrogens with zero attached hydrogens (tertiary/aromatic N) is 1. The number of thiazole rings is 1. The first-order valence-corrected chi connectivity index (χ1v) is 8.13. The molecule has 0 aliphatic carbocycles. The maximum atomic E-state index is 12.3. The van der Waals surface area contributed by atoms with Gasteiger partial charge in [0.2, 0.25) is 5.78 Å². The molecule has 0 radical (unpaired) electrons. The van der Waals surface area contributed by atoms with Crippen LogP contribution in [0.1, 0.15) is 16.1 Å². The summed E-state index contributed by atoms with van der Waals surface area (Å²) in [6.07, 6.45) is 0. The molecule has 114 valence electrons. The third-order valence-corrected chi connectivity index (χ3v) is 4.62. The molecule has 4 aromatic rings. The summed E-state index contributed by atoms with van der Waals surface area (Å²) in [7, 11) is 0. The van der Waals surface area contributed by atoms with Gasteiger partial charge in [-0.15, -0.1) is 0 Å². The number of benzene rings is 2. The van der Waals surface area contributed by atoms with Gasteiger partial charge in [-0.3, -0.25) is 4.79 Å². The lowest BCUT2D eigenvalue weighted by atomic mass is 10.2. The Labute approximate surface area is 136 Å². The zero-order valence-corrected chi connectivity index (χ0v) is 13.3. The Kier molecular flexibility index (Phi) is 3.35. The van der Waals surface area contributed by atoms with Crippen LogP contribution >= 0.6 is 11.3 Å². The molecule has 0 spiro atoms. The van der Waals surface area contributed by atoms with E-state index in [0.717, 1.165) is 26.3 Å². The average molecular weight is 322 g/mol. The van der Waals surface area contributed by atoms with Gasteiger partial charge in [-0.25, -0.2) is 4.98 Å². The van der Waals surface area contributed by atoms with Crippen LogP contribution in [0, 0.1) is 6.92 Å². The predicted molar refractivity (Wildman–Crippen MR) is 93.4 cm³/mol. The van der Waals surface area contributed by atoms with E-state index in [0.29, 0.717) is 5.76 Å². The summed E-state index contributed by atoms with van der Waals surface area (Å²) in [5.74, 6) is 0.285. The Bertz CT molecular complexity index is 983. The van der Waals surface area contributed by atoms with Crippen molar-refractivity contribution in [3.05, 3.63) is 59.9 Å². The van der Waals surface area contributed by atoms with Gasteiger partial charge in [0.1, 0.15) is 5.58 Å². The van der Waals surface area contributed by atoms with Gasteiger partial charge in [-0.1, -0.05) is 35.6 Å². The number of hydrogen-bond acceptors (Lipinski definition) is 5. The minimum Gasteiger partial charge on any atom is -0.453 e. The van der Waals surface area contributed by atoms with Crippen molar-refractivity contribution in [1.29, 1.82) is 0 Å². The molecule has 0 amide bonds. The highest BCUT2D eigenvalue weighted by molar-refractivity contribution is 7.22. The summed E-state index contributed by atoms with van der Waals surface area (Å²) in [5, 5.41) is 4.78. The Morgan fingerprint density at radius 3 is 2.96 bits per heavy atom. The lowest BCUT2D eigenvalue weighted by Gasteiger charge is -1.98. The van der Waals surface area contributed by atoms with Crippen LogP contribution in [0.2, 0.25) is 0 Å². The van der Waals surface area contributed by atoms with Crippen LogP contribution in [0.25, 0.3) is 21.2 Å². The second-order valence-corrected chi connectivity index (χ2v) is 6.45. The number of aromatic nitrogens is 1. The summed E-state index contributed by atoms with van der Waals surface area (Å²) in [5.41, 5.74) is 2.87. The van der Waals surface area contributed by atoms with Gasteiger partial charge < -0.3 is 9.73 Å². The molecule has 0 saturated carbocycles. The van der Waals surface area contributed by atoms with E-state index >= 15 is 0 Å². The topological polar surface area (TPSA) is 55.1 Å². The van der Waals surface area contributed by atoms with Crippen LogP contribution in [0.5, 0.6) is 0 Å². The third kappa shape index (κ3) is 2.71. The number of anilines is 1. The maximum Gasteiger partial charge on any atom is 0.217 e. The standard InChI is InChI=1S/C18H14N2O2S/c1-11-6-7-13-17(8-11)23-18(20-13)19-10-14(21)16-9-12-4-2-3-5-15(12)22-16/h2-9H,10H2,1H3,(H,19,20). The van der Waals surface area contributed by atoms with Crippen LogP contribution in [-0.4, -0.2) is 17.3 Å². The molecule has 0 saturated heterocycles. The molecule has 2 heterocycles. The minimum atomic E-state index is -0.0864. The molecule has 0 aliphatic heterocycles. The Hall–Kier alpha value is -2.66. The number of carbonyl (C=O) groups is 1. The summed E-state index contributed by atoms with van der Waals surface area (Å²) in [6.45, 7) is 2.22. The molecule has 2 aromatic carbocycles. The van der Waals surface area contributed by atoms with E-state index in [1.165, 1.54) is 5.56 Å². The normalized spacial score (nSPS) is 11.2. The number of para-hydroxylation sites is 1. The number of Topliss-reactive ketones (excluding diaryl/α,β-unsaturated/α-hetero) is 1. The van der Waals surface area contributed by atoms with Crippen LogP contribution in [0.3, 0.4) is 0 Å². The van der Waals surface area contributed by atoms with Gasteiger partial charge >= 0.3 is 0 Å². The molecule has 23 heavy (non-hydrogen) atoms. The molecule has 5 heteroatoms. The largest absolute Gasteiger partial charge is 0.453 e. The van der Waals surface area contributed by atoms with Crippen molar-refractivity contribution < 1.29 is 9.21 Å². The van der Waals surface area contributed by atoms with Gasteiger partial charge in [-0.2, -0.15) is 0 Å². The first-order chi connectivity index (χ1) is 11.2. The number of nitrogens with one attached hydrogen (secondary N) is 1. The fourth-order valence-electron chi connectivity index (χ4n) is 2.47. The number of rotatable bonds is 4. The number of carbonyl (C=O) groups excluding carboxylic acids is 1. The predicted octanol–water partition coefficient (Wildman–Crippen LogP) is 4.65. The van der Waals surface area contributed by atoms with Crippen LogP contribution in [-0.2, 0) is 0 Å². The number of fused-ring (bicyclic) bond motifs is 2. The summed E-state index contributed by atoms with van der Waals surface area (Å²) < 4.78 is 6.70. The Balaban J connectivity index is 1.51. The summed E-state index contributed by atoms with van der Waals surface area (Å²) >= 11 is 1.55. The molecule has 2 aromatic heterocycles. The fourth-order valence-corrected chi connectivity index (χ4v) is 3.43. The number of furan rings is 1. The molecule has 0 fully saturated rings. The zero-order valence-electron chi connectivity index (χ0n) is 12.5. The van der Waals surface area contributed by atoms with E-state index < -0.39 is 0 Å². The Morgan fingerprint density at radius 2 is 2.09 bits per heavy atom. The van der Waals surface area contributed by atoms with Crippen molar-refractivity contribution in [1.82, 2.24) is 4.98 Å². The quantitative estimate of drug-likeness (QED) is 0.556. The van der Waals surface area contributed by atoms with E-state index in [4.69, 9.17) is 4.42 Å². The van der Waals surface area contributed by atoms with Crippen molar-refractivity contribution in [3.8, 4) is 0 Å². The minimum absolute atomic E-state index is 0.0864. The molecule has 0 atom stereocenters. The average Bonchev–Trinajstić information content (AvgIpc) is 3.15. The summed E-state index contributed by atoms with van der Waals surface area (Å²) in [6, 6.07) is 15.5. The molecule has 0 unspecified atom stereocenters. The van der Waals surface area contributed by atoms with E-state index in [-0.39, 0.29) is 12.3 Å². The lowest BCUT2D eigenvalue weighted by molar-refractivity contribution is 0.0982. The van der Waals surface area contributed by atoms with Gasteiger partial charge in [0.05, 0.1) is 16.8 Å². The van der Waals surface area contributed by atoms with Crippen molar-refractivity contribution in [2.24, 2.45) is 0 Å². The van der Waals surface area contributed by atoms with Gasteiger partial charge in [0.25, 0.3) is 0 Å². The highest BCUT2D eigenvalue weighted by Gasteiger charge is 2.13. The van der Waals surface area contributed by atoms with Crippen molar-refractivity contribution in [2.75, 3.05) is 11.9 Å². The first-order valence-electron chi connectivity index (χ1n) is 7.32. The summed E-state index contributed by atoms with van der Waals surface area (Å²) in [4.78, 5) is 16.8. The zero-order chi connectivity index (χ0) is 15.8. The number of aryl methyl sites for hydroxylation is 1. The number of ketones is 1. The van der Waals surface area contributed by atoms with Crippen molar-refractivity contribution >= 4 is 43.4 Å². The van der Waals surface area contributed by atoms with E-state index in [1.807, 2.05) is 36.4 Å². The highest BCUT2D eigenvalue weighted by atomic mass is 32.1. The van der Waals surface area contributed by atoms with Gasteiger partial charge in [0.15, 0.2) is 10.9 Å². The Morgan fingerprint density at radius 1 is 1.22 bits per heavy atom. The molecule has 4 nitrogen and oxygen atoms in total. The molecule has 0 bridgehead atoms. The van der Waals surface area contributed by atoms with Crippen LogP contribution in [0.15, 0.2) is 52.9 Å². The molecular weight excluding hydrogens is 308 g/mol. The van der Waals surface area contributed by atoms with E-state index in [1.54, 1.807) is 17.4 Å². The monoisotopic (exact) mass is 322 g/mol. The fraction of sp³-hybridized carbons (Fsp3) is 0.111. The van der Waals surface area contributed by atoms with E-state index in [2.05, 4.69) is 23.3 Å². The second-order valence-electron chi connectivity index (χ2n) is 5.42. The van der Waals surface area contributed by atoms with Crippen molar-refractivity contribution in [2.45, 2.75) is 6.92 Å². The molecule has 1 N–H and O–H groups in total. The molecule has 0 aliphatic rings. The smallest absolute Gasteiger partial charge is 0.217 e. The van der Waals surface area contributed by atoms with Crippen molar-refractivity contribution in [3.63, 3.8) is 0 Å². The second kappa shape index (κ2) is 5.52. The SMILES string of the molecule is Cc1ccc2nc(NCC(=O)c3cc4ccccc4o3)sc2c1. The van der Waals surface area contributed by atoms with E-state index in [9.17, 15) is 4.79 Å². The number of hydrogen-bond donors (Lipinski definition) is 1. The third-order valence-electron chi connectivity index (χ3n) is 3.64. The van der Waals surface area contributed by atoms with Gasteiger partial charge in [0, 0.05) is 5.39 Å². The molecule has 4 rings (SSSR count). The van der Waals surface area contributed by atoms with Crippen LogP contribution in [0.4, 0.5) is 5.13 Å². The van der Waals surface area contributed by atoms with Crippen LogP contribution < -0.4 is 5.32 Å².